The number of nitrogens with two attached hydrogens (primary N) is 1. The molecule has 76 valence electrons. The summed E-state index contributed by atoms with van der Waals surface area (Å²) in [5.74, 6) is 0. The van der Waals surface area contributed by atoms with Crippen LogP contribution in [0.5, 0.6) is 0 Å². The summed E-state index contributed by atoms with van der Waals surface area (Å²) in [5, 5.41) is 0.883. The van der Waals surface area contributed by atoms with Gasteiger partial charge in [-0.2, -0.15) is 0 Å². The molecule has 4 heteroatoms. The van der Waals surface area contributed by atoms with E-state index in [4.69, 9.17) is 5.73 Å². The van der Waals surface area contributed by atoms with Crippen LogP contribution in [-0.4, -0.2) is 16.3 Å². The Morgan fingerprint density at radius 2 is 2.27 bits per heavy atom. The Morgan fingerprint density at radius 1 is 1.47 bits per heavy atom. The number of carbonyl (C=O) groups is 1. The van der Waals surface area contributed by atoms with E-state index < -0.39 is 5.54 Å². The summed E-state index contributed by atoms with van der Waals surface area (Å²) in [6, 6.07) is 5.48. The average Bonchev–Trinajstić information content (AvgIpc) is 2.28. The van der Waals surface area contributed by atoms with Crippen molar-refractivity contribution in [2.45, 2.75) is 12.5 Å². The second-order valence-corrected chi connectivity index (χ2v) is 3.70. The highest BCUT2D eigenvalue weighted by molar-refractivity contribution is 5.80. The van der Waals surface area contributed by atoms with Gasteiger partial charge in [-0.25, -0.2) is 9.97 Å². The summed E-state index contributed by atoms with van der Waals surface area (Å²) in [5.41, 5.74) is 6.47. The molecule has 1 unspecified atom stereocenters. The number of rotatable bonds is 2. The van der Waals surface area contributed by atoms with Crippen molar-refractivity contribution in [1.82, 2.24) is 9.97 Å². The van der Waals surface area contributed by atoms with Gasteiger partial charge in [-0.15, -0.1) is 0 Å². The molecule has 0 radical (unpaired) electrons. The number of aldehydes is 1. The molecule has 2 rings (SSSR count). The number of benzene rings is 1. The Kier molecular flexibility index (Phi) is 2.21. The zero-order chi connectivity index (χ0) is 10.9. The summed E-state index contributed by atoms with van der Waals surface area (Å²) in [7, 11) is 0. The maximum absolute atomic E-state index is 10.8. The number of nitrogens with zero attached hydrogens (tertiary/aromatic N) is 2. The number of hydrogen-bond acceptors (Lipinski definition) is 4. The molecule has 0 aliphatic rings. The molecule has 0 amide bonds. The molecular weight excluding hydrogens is 190 g/mol. The third kappa shape index (κ3) is 1.71. The SMILES string of the molecule is CC(N)(C=O)c1ccc2ncncc2c1. The normalized spacial score (nSPS) is 14.8. The predicted octanol–water partition coefficient (Wildman–Crippen LogP) is 1.00. The van der Waals surface area contributed by atoms with Crippen LogP contribution in [-0.2, 0) is 10.3 Å². The molecule has 1 aromatic carbocycles. The first-order valence-electron chi connectivity index (χ1n) is 4.59. The van der Waals surface area contributed by atoms with E-state index in [1.165, 1.54) is 6.33 Å². The highest BCUT2D eigenvalue weighted by Crippen LogP contribution is 2.19. The van der Waals surface area contributed by atoms with E-state index in [9.17, 15) is 4.79 Å². The molecule has 0 aliphatic heterocycles. The van der Waals surface area contributed by atoms with E-state index in [1.807, 2.05) is 18.2 Å². The Bertz CT molecular complexity index is 508. The molecular formula is C11H11N3O. The van der Waals surface area contributed by atoms with Crippen molar-refractivity contribution in [3.63, 3.8) is 0 Å². The van der Waals surface area contributed by atoms with Crippen LogP contribution < -0.4 is 5.73 Å². The summed E-state index contributed by atoms with van der Waals surface area (Å²) in [4.78, 5) is 18.8. The van der Waals surface area contributed by atoms with Gasteiger partial charge < -0.3 is 10.5 Å². The summed E-state index contributed by atoms with van der Waals surface area (Å²) in [6.45, 7) is 1.67. The lowest BCUT2D eigenvalue weighted by Gasteiger charge is -2.17. The van der Waals surface area contributed by atoms with Crippen molar-refractivity contribution in [2.24, 2.45) is 5.73 Å². The maximum atomic E-state index is 10.8. The van der Waals surface area contributed by atoms with Gasteiger partial charge in [-0.05, 0) is 24.6 Å². The third-order valence-corrected chi connectivity index (χ3v) is 2.37. The van der Waals surface area contributed by atoms with Gasteiger partial charge >= 0.3 is 0 Å². The highest BCUT2D eigenvalue weighted by atomic mass is 16.1. The topological polar surface area (TPSA) is 68.9 Å². The minimum absolute atomic E-state index is 0.734. The first-order valence-corrected chi connectivity index (χ1v) is 4.59. The molecule has 0 saturated carbocycles. The standard InChI is InChI=1S/C11H11N3O/c1-11(12,6-15)9-2-3-10-8(4-9)5-13-7-14-10/h2-7H,12H2,1H3. The van der Waals surface area contributed by atoms with E-state index in [0.717, 1.165) is 22.8 Å². The highest BCUT2D eigenvalue weighted by Gasteiger charge is 2.20. The fourth-order valence-corrected chi connectivity index (χ4v) is 1.39. The van der Waals surface area contributed by atoms with Crippen LogP contribution in [0.3, 0.4) is 0 Å². The summed E-state index contributed by atoms with van der Waals surface area (Å²) < 4.78 is 0. The van der Waals surface area contributed by atoms with E-state index in [0.29, 0.717) is 0 Å². The fraction of sp³-hybridized carbons (Fsp3) is 0.182. The van der Waals surface area contributed by atoms with Crippen LogP contribution in [0.15, 0.2) is 30.7 Å². The Labute approximate surface area is 87.1 Å². The molecule has 0 spiro atoms. The van der Waals surface area contributed by atoms with E-state index >= 15 is 0 Å². The molecule has 0 aliphatic carbocycles. The van der Waals surface area contributed by atoms with Crippen molar-refractivity contribution >= 4 is 17.2 Å². The largest absolute Gasteiger partial charge is 0.316 e. The second-order valence-electron chi connectivity index (χ2n) is 3.70. The maximum Gasteiger partial charge on any atom is 0.144 e. The fourth-order valence-electron chi connectivity index (χ4n) is 1.39. The van der Waals surface area contributed by atoms with Crippen molar-refractivity contribution in [3.05, 3.63) is 36.3 Å². The molecule has 15 heavy (non-hydrogen) atoms. The number of hydrogen-bond donors (Lipinski definition) is 1. The van der Waals surface area contributed by atoms with Gasteiger partial charge in [-0.3, -0.25) is 0 Å². The van der Waals surface area contributed by atoms with Crippen molar-refractivity contribution in [2.75, 3.05) is 0 Å². The van der Waals surface area contributed by atoms with Crippen LogP contribution >= 0.6 is 0 Å². The lowest BCUT2D eigenvalue weighted by atomic mass is 9.94. The number of fused-ring (bicyclic) bond motifs is 1. The zero-order valence-corrected chi connectivity index (χ0v) is 8.34. The van der Waals surface area contributed by atoms with Crippen LogP contribution in [0.1, 0.15) is 12.5 Å². The molecule has 1 atom stereocenters. The zero-order valence-electron chi connectivity index (χ0n) is 8.34. The van der Waals surface area contributed by atoms with Gasteiger partial charge in [0, 0.05) is 11.6 Å². The average molecular weight is 201 g/mol. The van der Waals surface area contributed by atoms with Gasteiger partial charge in [0.2, 0.25) is 0 Å². The monoisotopic (exact) mass is 201 g/mol. The molecule has 2 N–H and O–H groups in total. The molecule has 4 nitrogen and oxygen atoms in total. The first-order chi connectivity index (χ1) is 7.13. The van der Waals surface area contributed by atoms with Gasteiger partial charge in [0.15, 0.2) is 0 Å². The van der Waals surface area contributed by atoms with E-state index in [2.05, 4.69) is 9.97 Å². The van der Waals surface area contributed by atoms with Crippen molar-refractivity contribution < 1.29 is 4.79 Å². The van der Waals surface area contributed by atoms with Gasteiger partial charge in [0.05, 0.1) is 11.1 Å². The van der Waals surface area contributed by atoms with E-state index in [-0.39, 0.29) is 0 Å². The summed E-state index contributed by atoms with van der Waals surface area (Å²) >= 11 is 0. The lowest BCUT2D eigenvalue weighted by Crippen LogP contribution is -2.34. The molecule has 0 fully saturated rings. The number of carbonyl (C=O) groups excluding carboxylic acids is 1. The quantitative estimate of drug-likeness (QED) is 0.736. The summed E-state index contributed by atoms with van der Waals surface area (Å²) in [6.07, 6.45) is 3.92. The van der Waals surface area contributed by atoms with Gasteiger partial charge in [0.1, 0.15) is 12.6 Å². The molecule has 1 heterocycles. The Balaban J connectivity index is 2.61. The lowest BCUT2D eigenvalue weighted by molar-refractivity contribution is -0.112. The van der Waals surface area contributed by atoms with Crippen molar-refractivity contribution in [1.29, 1.82) is 0 Å². The Morgan fingerprint density at radius 3 is 3.00 bits per heavy atom. The molecule has 0 bridgehead atoms. The molecule has 1 aromatic heterocycles. The van der Waals surface area contributed by atoms with Crippen LogP contribution in [0.2, 0.25) is 0 Å². The first kappa shape index (κ1) is 9.73. The van der Waals surface area contributed by atoms with Crippen LogP contribution in [0.25, 0.3) is 10.9 Å². The van der Waals surface area contributed by atoms with Crippen molar-refractivity contribution in [3.8, 4) is 0 Å². The smallest absolute Gasteiger partial charge is 0.144 e. The minimum Gasteiger partial charge on any atom is -0.316 e. The van der Waals surface area contributed by atoms with Gasteiger partial charge in [0.25, 0.3) is 0 Å². The van der Waals surface area contributed by atoms with E-state index in [1.54, 1.807) is 13.1 Å². The molecule has 0 saturated heterocycles. The van der Waals surface area contributed by atoms with Crippen LogP contribution in [0.4, 0.5) is 0 Å². The predicted molar refractivity (Wildman–Crippen MR) is 57.1 cm³/mol. The Hall–Kier alpha value is -1.81. The molecule has 2 aromatic rings. The number of aromatic nitrogens is 2. The third-order valence-electron chi connectivity index (χ3n) is 2.37. The second kappa shape index (κ2) is 3.40. The minimum atomic E-state index is -0.954. The van der Waals surface area contributed by atoms with Gasteiger partial charge in [-0.1, -0.05) is 6.07 Å². The van der Waals surface area contributed by atoms with Crippen LogP contribution in [0, 0.1) is 0 Å².